The highest BCUT2D eigenvalue weighted by Crippen LogP contribution is 2.22. The molecule has 0 N–H and O–H groups in total. The first-order valence-corrected chi connectivity index (χ1v) is 6.16. The Kier molecular flexibility index (Phi) is 5.35. The molecule has 0 radical (unpaired) electrons. The van der Waals surface area contributed by atoms with E-state index in [-0.39, 0.29) is 5.56 Å². The predicted molar refractivity (Wildman–Crippen MR) is 65.3 cm³/mol. The van der Waals surface area contributed by atoms with E-state index in [1.54, 1.807) is 0 Å². The Labute approximate surface area is 104 Å². The molecule has 16 heavy (non-hydrogen) atoms. The molecule has 1 rings (SSSR count). The van der Waals surface area contributed by atoms with Gasteiger partial charge >= 0.3 is 0 Å². The van der Waals surface area contributed by atoms with Crippen LogP contribution < -0.4 is 0 Å². The van der Waals surface area contributed by atoms with Crippen LogP contribution in [0.3, 0.4) is 0 Å². The van der Waals surface area contributed by atoms with Crippen molar-refractivity contribution in [3.05, 3.63) is 33.8 Å². The van der Waals surface area contributed by atoms with Crippen LogP contribution in [-0.2, 0) is 6.54 Å². The van der Waals surface area contributed by atoms with Crippen molar-refractivity contribution in [2.24, 2.45) is 0 Å². The summed E-state index contributed by atoms with van der Waals surface area (Å²) < 4.78 is 27.4. The lowest BCUT2D eigenvalue weighted by molar-refractivity contribution is 0.309. The molecule has 0 aliphatic rings. The van der Waals surface area contributed by atoms with Gasteiger partial charge in [-0.2, -0.15) is 0 Å². The first-order chi connectivity index (χ1) is 7.56. The number of halogens is 3. The Balaban J connectivity index is 2.76. The molecular formula is C12H16BrF2N. The SMILES string of the molecule is CCCCN(C)Cc1c(F)ccc(Br)c1F. The van der Waals surface area contributed by atoms with Gasteiger partial charge in [0, 0.05) is 12.1 Å². The summed E-state index contributed by atoms with van der Waals surface area (Å²) in [7, 11) is 1.87. The van der Waals surface area contributed by atoms with Gasteiger partial charge in [0.1, 0.15) is 11.6 Å². The van der Waals surface area contributed by atoms with Crippen molar-refractivity contribution in [2.75, 3.05) is 13.6 Å². The van der Waals surface area contributed by atoms with E-state index in [0.717, 1.165) is 19.4 Å². The number of hydrogen-bond donors (Lipinski definition) is 0. The maximum absolute atomic E-state index is 13.6. The molecule has 0 bridgehead atoms. The van der Waals surface area contributed by atoms with E-state index in [0.29, 0.717) is 11.0 Å². The molecule has 0 aliphatic carbocycles. The predicted octanol–water partition coefficient (Wildman–Crippen LogP) is 3.96. The largest absolute Gasteiger partial charge is 0.302 e. The van der Waals surface area contributed by atoms with Crippen LogP contribution in [0, 0.1) is 11.6 Å². The zero-order chi connectivity index (χ0) is 12.1. The maximum atomic E-state index is 13.6. The van der Waals surface area contributed by atoms with Gasteiger partial charge in [-0.1, -0.05) is 13.3 Å². The molecule has 0 amide bonds. The van der Waals surface area contributed by atoms with Crippen LogP contribution in [0.5, 0.6) is 0 Å². The fourth-order valence-corrected chi connectivity index (χ4v) is 1.86. The van der Waals surface area contributed by atoms with Crippen molar-refractivity contribution in [2.45, 2.75) is 26.3 Å². The summed E-state index contributed by atoms with van der Waals surface area (Å²) in [5, 5.41) is 0. The second-order valence-corrected chi connectivity index (χ2v) is 4.77. The van der Waals surface area contributed by atoms with Gasteiger partial charge in [0.05, 0.1) is 4.47 Å². The molecule has 0 fully saturated rings. The third-order valence-electron chi connectivity index (χ3n) is 2.46. The van der Waals surface area contributed by atoms with Crippen molar-refractivity contribution in [3.63, 3.8) is 0 Å². The van der Waals surface area contributed by atoms with Crippen molar-refractivity contribution >= 4 is 15.9 Å². The van der Waals surface area contributed by atoms with Crippen LogP contribution in [0.2, 0.25) is 0 Å². The monoisotopic (exact) mass is 291 g/mol. The van der Waals surface area contributed by atoms with E-state index < -0.39 is 11.6 Å². The average Bonchev–Trinajstić information content (AvgIpc) is 2.27. The van der Waals surface area contributed by atoms with E-state index in [9.17, 15) is 8.78 Å². The van der Waals surface area contributed by atoms with Crippen LogP contribution in [0.4, 0.5) is 8.78 Å². The molecule has 90 valence electrons. The zero-order valence-corrected chi connectivity index (χ0v) is 11.2. The molecule has 0 unspecified atom stereocenters. The summed E-state index contributed by atoms with van der Waals surface area (Å²) in [4.78, 5) is 1.93. The summed E-state index contributed by atoms with van der Waals surface area (Å²) in [6, 6.07) is 2.68. The van der Waals surface area contributed by atoms with Gasteiger partial charge in [-0.05, 0) is 48.1 Å². The van der Waals surface area contributed by atoms with Crippen molar-refractivity contribution in [3.8, 4) is 0 Å². The number of rotatable bonds is 5. The van der Waals surface area contributed by atoms with E-state index in [4.69, 9.17) is 0 Å². The van der Waals surface area contributed by atoms with Crippen LogP contribution in [0.1, 0.15) is 25.3 Å². The van der Waals surface area contributed by atoms with Crippen LogP contribution in [-0.4, -0.2) is 18.5 Å². The van der Waals surface area contributed by atoms with E-state index in [2.05, 4.69) is 22.9 Å². The van der Waals surface area contributed by atoms with Gasteiger partial charge in [-0.15, -0.1) is 0 Å². The summed E-state index contributed by atoms with van der Waals surface area (Å²) >= 11 is 3.06. The van der Waals surface area contributed by atoms with E-state index >= 15 is 0 Å². The highest BCUT2D eigenvalue weighted by atomic mass is 79.9. The van der Waals surface area contributed by atoms with Crippen molar-refractivity contribution < 1.29 is 8.78 Å². The van der Waals surface area contributed by atoms with Crippen LogP contribution in [0.15, 0.2) is 16.6 Å². The van der Waals surface area contributed by atoms with Gasteiger partial charge in [0.2, 0.25) is 0 Å². The van der Waals surface area contributed by atoms with Crippen molar-refractivity contribution in [1.29, 1.82) is 0 Å². The maximum Gasteiger partial charge on any atom is 0.144 e. The minimum atomic E-state index is -0.497. The Bertz CT molecular complexity index is 355. The molecule has 1 aromatic carbocycles. The summed E-state index contributed by atoms with van der Waals surface area (Å²) in [6.45, 7) is 3.24. The van der Waals surface area contributed by atoms with E-state index in [1.807, 2.05) is 11.9 Å². The molecule has 1 nitrogen and oxygen atoms in total. The second kappa shape index (κ2) is 6.30. The summed E-state index contributed by atoms with van der Waals surface area (Å²) in [6.07, 6.45) is 2.11. The van der Waals surface area contributed by atoms with Crippen LogP contribution >= 0.6 is 15.9 Å². The molecule has 0 spiro atoms. The lowest BCUT2D eigenvalue weighted by atomic mass is 10.2. The summed E-state index contributed by atoms with van der Waals surface area (Å²) in [5.41, 5.74) is 0.132. The number of nitrogens with zero attached hydrogens (tertiary/aromatic N) is 1. The van der Waals surface area contributed by atoms with Crippen LogP contribution in [0.25, 0.3) is 0 Å². The molecule has 4 heteroatoms. The lowest BCUT2D eigenvalue weighted by Gasteiger charge is -2.17. The quantitative estimate of drug-likeness (QED) is 0.742. The minimum Gasteiger partial charge on any atom is -0.302 e. The van der Waals surface area contributed by atoms with E-state index in [1.165, 1.54) is 12.1 Å². The zero-order valence-electron chi connectivity index (χ0n) is 9.56. The first kappa shape index (κ1) is 13.6. The molecule has 0 aliphatic heterocycles. The topological polar surface area (TPSA) is 3.24 Å². The third-order valence-corrected chi connectivity index (χ3v) is 3.07. The number of unbranched alkanes of at least 4 members (excludes halogenated alkanes) is 1. The molecular weight excluding hydrogens is 276 g/mol. The highest BCUT2D eigenvalue weighted by molar-refractivity contribution is 9.10. The Morgan fingerprint density at radius 3 is 2.62 bits per heavy atom. The highest BCUT2D eigenvalue weighted by Gasteiger charge is 2.13. The third kappa shape index (κ3) is 3.52. The molecule has 0 heterocycles. The second-order valence-electron chi connectivity index (χ2n) is 3.91. The number of benzene rings is 1. The smallest absolute Gasteiger partial charge is 0.144 e. The fourth-order valence-electron chi connectivity index (χ4n) is 1.49. The van der Waals surface area contributed by atoms with Crippen molar-refractivity contribution in [1.82, 2.24) is 4.90 Å². The van der Waals surface area contributed by atoms with Gasteiger partial charge in [0.25, 0.3) is 0 Å². The standard InChI is InChI=1S/C12H16BrF2N/c1-3-4-7-16(2)8-9-11(14)6-5-10(13)12(9)15/h5-6H,3-4,7-8H2,1-2H3. The Hall–Kier alpha value is -0.480. The van der Waals surface area contributed by atoms with Gasteiger partial charge in [0.15, 0.2) is 0 Å². The average molecular weight is 292 g/mol. The normalized spacial score (nSPS) is 11.1. The first-order valence-electron chi connectivity index (χ1n) is 5.37. The van der Waals surface area contributed by atoms with Gasteiger partial charge < -0.3 is 4.90 Å². The Morgan fingerprint density at radius 1 is 1.31 bits per heavy atom. The fraction of sp³-hybridized carbons (Fsp3) is 0.500. The molecule has 1 aromatic rings. The van der Waals surface area contributed by atoms with Gasteiger partial charge in [-0.3, -0.25) is 0 Å². The molecule has 0 aromatic heterocycles. The lowest BCUT2D eigenvalue weighted by Crippen LogP contribution is -2.20. The molecule has 0 atom stereocenters. The number of hydrogen-bond acceptors (Lipinski definition) is 1. The molecule has 0 saturated heterocycles. The minimum absolute atomic E-state index is 0.132. The summed E-state index contributed by atoms with van der Waals surface area (Å²) in [5.74, 6) is -0.979. The Morgan fingerprint density at radius 2 is 2.00 bits per heavy atom. The van der Waals surface area contributed by atoms with Gasteiger partial charge in [-0.25, -0.2) is 8.78 Å². The molecule has 0 saturated carbocycles.